The van der Waals surface area contributed by atoms with E-state index in [2.05, 4.69) is 4.74 Å². The lowest BCUT2D eigenvalue weighted by atomic mass is 10.1. The van der Waals surface area contributed by atoms with Crippen molar-refractivity contribution < 1.29 is 28.5 Å². The van der Waals surface area contributed by atoms with Crippen molar-refractivity contribution in [1.29, 1.82) is 0 Å². The fraction of sp³-hybridized carbons (Fsp3) is 0.333. The number of cyclic esters (lactones) is 2. The first kappa shape index (κ1) is 17.7. The van der Waals surface area contributed by atoms with Crippen molar-refractivity contribution in [1.82, 2.24) is 0 Å². The van der Waals surface area contributed by atoms with Gasteiger partial charge in [0, 0.05) is 6.08 Å². The molecule has 2 atom stereocenters. The van der Waals surface area contributed by atoms with Gasteiger partial charge < -0.3 is 18.9 Å². The predicted molar refractivity (Wildman–Crippen MR) is 86.2 cm³/mol. The van der Waals surface area contributed by atoms with Gasteiger partial charge in [-0.1, -0.05) is 42.0 Å². The van der Waals surface area contributed by atoms with Crippen LogP contribution in [0.25, 0.3) is 0 Å². The van der Waals surface area contributed by atoms with E-state index in [1.54, 1.807) is 19.1 Å². The summed E-state index contributed by atoms with van der Waals surface area (Å²) in [5.41, 5.74) is 1.78. The quantitative estimate of drug-likeness (QED) is 0.434. The summed E-state index contributed by atoms with van der Waals surface area (Å²) in [6.45, 7) is 2.43. The highest BCUT2D eigenvalue weighted by Crippen LogP contribution is 2.19. The lowest BCUT2D eigenvalue weighted by Crippen LogP contribution is -2.26. The molecule has 0 radical (unpaired) electrons. The summed E-state index contributed by atoms with van der Waals surface area (Å²) in [6.07, 6.45) is 2.78. The van der Waals surface area contributed by atoms with E-state index in [9.17, 15) is 9.59 Å². The maximum atomic E-state index is 11.4. The molecule has 0 amide bonds. The molecular formula is C18H20O6. The number of esters is 1. The van der Waals surface area contributed by atoms with E-state index in [-0.39, 0.29) is 6.61 Å². The minimum Gasteiger partial charge on any atom is -0.466 e. The van der Waals surface area contributed by atoms with Gasteiger partial charge in [0.05, 0.1) is 20.3 Å². The molecule has 6 heteroatoms. The number of allylic oxidation sites excluding steroid dienone is 2. The maximum absolute atomic E-state index is 11.4. The van der Waals surface area contributed by atoms with Crippen LogP contribution in [0, 0.1) is 0 Å². The molecule has 1 heterocycles. The molecule has 0 spiro atoms. The summed E-state index contributed by atoms with van der Waals surface area (Å²) >= 11 is 0. The molecule has 0 bridgehead atoms. The number of hydrogen-bond donors (Lipinski definition) is 0. The molecule has 6 nitrogen and oxygen atoms in total. The Hall–Kier alpha value is -2.60. The monoisotopic (exact) mass is 332 g/mol. The van der Waals surface area contributed by atoms with Gasteiger partial charge in [0.2, 0.25) is 0 Å². The van der Waals surface area contributed by atoms with Crippen molar-refractivity contribution in [3.05, 3.63) is 59.7 Å². The van der Waals surface area contributed by atoms with Crippen LogP contribution in [0.1, 0.15) is 12.5 Å². The smallest absolute Gasteiger partial charge is 0.466 e. The zero-order valence-corrected chi connectivity index (χ0v) is 13.6. The Morgan fingerprint density at radius 3 is 2.67 bits per heavy atom. The van der Waals surface area contributed by atoms with Crippen LogP contribution in [-0.2, 0) is 30.3 Å². The number of ether oxygens (including phenoxy) is 4. The maximum Gasteiger partial charge on any atom is 0.509 e. The second kappa shape index (κ2) is 8.88. The van der Waals surface area contributed by atoms with E-state index in [4.69, 9.17) is 14.2 Å². The van der Waals surface area contributed by atoms with Crippen molar-refractivity contribution >= 4 is 12.1 Å². The van der Waals surface area contributed by atoms with Gasteiger partial charge in [-0.25, -0.2) is 9.59 Å². The van der Waals surface area contributed by atoms with Gasteiger partial charge in [-0.05, 0) is 18.6 Å². The molecule has 0 aromatic heterocycles. The highest BCUT2D eigenvalue weighted by molar-refractivity contribution is 5.82. The summed E-state index contributed by atoms with van der Waals surface area (Å²) in [4.78, 5) is 22.4. The third-order valence-electron chi connectivity index (χ3n) is 3.35. The molecule has 24 heavy (non-hydrogen) atoms. The summed E-state index contributed by atoms with van der Waals surface area (Å²) in [5, 5.41) is 0. The molecule has 1 aromatic rings. The Kier molecular flexibility index (Phi) is 6.57. The Balaban J connectivity index is 1.89. The largest absolute Gasteiger partial charge is 0.509 e. The predicted octanol–water partition coefficient (Wildman–Crippen LogP) is 2.78. The van der Waals surface area contributed by atoms with E-state index in [0.29, 0.717) is 6.61 Å². The summed E-state index contributed by atoms with van der Waals surface area (Å²) in [6, 6.07) is 9.70. The van der Waals surface area contributed by atoms with Crippen LogP contribution in [0.3, 0.4) is 0 Å². The number of rotatable bonds is 7. The Morgan fingerprint density at radius 1 is 1.21 bits per heavy atom. The van der Waals surface area contributed by atoms with Crippen LogP contribution in [0.15, 0.2) is 54.1 Å². The van der Waals surface area contributed by atoms with E-state index in [0.717, 1.165) is 11.1 Å². The minimum atomic E-state index is -0.727. The number of carbonyl (C=O) groups is 2. The first-order valence-electron chi connectivity index (χ1n) is 7.52. The molecule has 1 aliphatic rings. The lowest BCUT2D eigenvalue weighted by molar-refractivity contribution is -0.134. The highest BCUT2D eigenvalue weighted by Gasteiger charge is 2.35. The first-order chi connectivity index (χ1) is 11.6. The standard InChI is InChI=1S/C18H20O6/c1-13(8-9-17(19)21-2)10-15-16(24-18(20)23-15)12-22-11-14-6-4-3-5-7-14/h3-10,15-16H,11-12H2,1-2H3/b9-8+,13-10+/t15-,16-/m0/s1. The third kappa shape index (κ3) is 5.55. The molecule has 1 fully saturated rings. The molecular weight excluding hydrogens is 312 g/mol. The molecule has 0 aliphatic carbocycles. The van der Waals surface area contributed by atoms with Gasteiger partial charge in [0.1, 0.15) is 0 Å². The van der Waals surface area contributed by atoms with E-state index in [1.165, 1.54) is 13.2 Å². The topological polar surface area (TPSA) is 71.1 Å². The van der Waals surface area contributed by atoms with Gasteiger partial charge in [0.15, 0.2) is 12.2 Å². The Bertz CT molecular complexity index is 620. The molecule has 2 rings (SSSR count). The second-order valence-electron chi connectivity index (χ2n) is 5.26. The lowest BCUT2D eigenvalue weighted by Gasteiger charge is -2.13. The Labute approximate surface area is 140 Å². The molecule has 0 saturated carbocycles. The molecule has 1 aliphatic heterocycles. The van der Waals surface area contributed by atoms with Gasteiger partial charge in [-0.3, -0.25) is 0 Å². The Morgan fingerprint density at radius 2 is 1.96 bits per heavy atom. The molecule has 1 saturated heterocycles. The van der Waals surface area contributed by atoms with Crippen molar-refractivity contribution in [2.24, 2.45) is 0 Å². The van der Waals surface area contributed by atoms with Crippen LogP contribution in [-0.4, -0.2) is 38.0 Å². The SMILES string of the molecule is COC(=O)/C=C/C(C)=C/[C@@H]1OC(=O)O[C@H]1COCc1ccccc1. The van der Waals surface area contributed by atoms with Crippen LogP contribution < -0.4 is 0 Å². The molecule has 0 unspecified atom stereocenters. The summed E-state index contributed by atoms with van der Waals surface area (Å²) in [7, 11) is 1.30. The fourth-order valence-electron chi connectivity index (χ4n) is 2.12. The normalized spacial score (nSPS) is 20.8. The average molecular weight is 332 g/mol. The third-order valence-corrected chi connectivity index (χ3v) is 3.35. The van der Waals surface area contributed by atoms with Gasteiger partial charge in [0.25, 0.3) is 0 Å². The number of hydrogen-bond acceptors (Lipinski definition) is 6. The summed E-state index contributed by atoms with van der Waals surface area (Å²) < 4.78 is 20.3. The van der Waals surface area contributed by atoms with E-state index >= 15 is 0 Å². The van der Waals surface area contributed by atoms with Crippen LogP contribution in [0.4, 0.5) is 4.79 Å². The molecule has 128 valence electrons. The highest BCUT2D eigenvalue weighted by atomic mass is 16.8. The van der Waals surface area contributed by atoms with Crippen LogP contribution in [0.5, 0.6) is 0 Å². The van der Waals surface area contributed by atoms with Crippen molar-refractivity contribution in [3.63, 3.8) is 0 Å². The van der Waals surface area contributed by atoms with Crippen molar-refractivity contribution in [2.45, 2.75) is 25.7 Å². The van der Waals surface area contributed by atoms with Gasteiger partial charge >= 0.3 is 12.1 Å². The zero-order valence-electron chi connectivity index (χ0n) is 13.6. The first-order valence-corrected chi connectivity index (χ1v) is 7.52. The molecule has 1 aromatic carbocycles. The fourth-order valence-corrected chi connectivity index (χ4v) is 2.12. The van der Waals surface area contributed by atoms with E-state index < -0.39 is 24.3 Å². The van der Waals surface area contributed by atoms with Crippen molar-refractivity contribution in [3.8, 4) is 0 Å². The number of carbonyl (C=O) groups excluding carboxylic acids is 2. The zero-order chi connectivity index (χ0) is 17.4. The summed E-state index contributed by atoms with van der Waals surface area (Å²) in [5.74, 6) is -0.454. The minimum absolute atomic E-state index is 0.218. The number of benzene rings is 1. The number of methoxy groups -OCH3 is 1. The van der Waals surface area contributed by atoms with Crippen LogP contribution in [0.2, 0.25) is 0 Å². The van der Waals surface area contributed by atoms with Crippen LogP contribution >= 0.6 is 0 Å². The average Bonchev–Trinajstić information content (AvgIpc) is 2.93. The van der Waals surface area contributed by atoms with Crippen molar-refractivity contribution in [2.75, 3.05) is 13.7 Å². The second-order valence-corrected chi connectivity index (χ2v) is 5.26. The van der Waals surface area contributed by atoms with Gasteiger partial charge in [-0.2, -0.15) is 0 Å². The molecule has 0 N–H and O–H groups in total. The van der Waals surface area contributed by atoms with E-state index in [1.807, 2.05) is 30.3 Å². The van der Waals surface area contributed by atoms with Gasteiger partial charge in [-0.15, -0.1) is 0 Å².